The summed E-state index contributed by atoms with van der Waals surface area (Å²) in [5.41, 5.74) is 2.88. The molecule has 10 heteroatoms. The fourth-order valence-electron chi connectivity index (χ4n) is 2.89. The van der Waals surface area contributed by atoms with Crippen molar-refractivity contribution in [2.45, 2.75) is 0 Å². The van der Waals surface area contributed by atoms with Gasteiger partial charge in [-0.25, -0.2) is 17.8 Å². The number of thiazole rings is 1. The number of carbonyl (C=O) groups excluding carboxylic acids is 1. The molecule has 2 aromatic carbocycles. The van der Waals surface area contributed by atoms with Crippen LogP contribution in [0.4, 0.5) is 15.2 Å². The minimum Gasteiger partial charge on any atom is -0.297 e. The Morgan fingerprint density at radius 1 is 1.00 bits per heavy atom. The van der Waals surface area contributed by atoms with E-state index in [4.69, 9.17) is 0 Å². The molecule has 2 heterocycles. The van der Waals surface area contributed by atoms with Crippen molar-refractivity contribution in [1.29, 1.82) is 0 Å². The molecule has 2 aromatic heterocycles. The molecule has 4 rings (SSSR count). The van der Waals surface area contributed by atoms with E-state index in [2.05, 4.69) is 10.3 Å². The lowest BCUT2D eigenvalue weighted by atomic mass is 10.1. The van der Waals surface area contributed by atoms with Crippen LogP contribution in [0.2, 0.25) is 0 Å². The molecule has 6 nitrogen and oxygen atoms in total. The topological polar surface area (TPSA) is 79.4 Å². The summed E-state index contributed by atoms with van der Waals surface area (Å²) in [6.45, 7) is 0. The van der Waals surface area contributed by atoms with E-state index in [-0.39, 0.29) is 11.7 Å². The predicted molar refractivity (Wildman–Crippen MR) is 128 cm³/mol. The minimum absolute atomic E-state index is 0.269. The molecule has 0 saturated carbocycles. The standard InChI is InChI=1S/C22H18FN3O3S3/c1-26(32(2,28)29)17-9-5-14(6-10-17)18-13-30-22(24-18)25-21(27)20-12-11-19(31-20)15-3-7-16(23)8-4-15/h3-13H,1-2H3,(H,24,25,27). The monoisotopic (exact) mass is 487 g/mol. The number of benzene rings is 2. The molecule has 1 N–H and O–H groups in total. The number of rotatable bonds is 6. The quantitative estimate of drug-likeness (QED) is 0.399. The molecule has 0 aliphatic rings. The fraction of sp³-hybridized carbons (Fsp3) is 0.0909. The highest BCUT2D eigenvalue weighted by atomic mass is 32.2. The molecule has 0 spiro atoms. The van der Waals surface area contributed by atoms with E-state index in [1.165, 1.54) is 46.2 Å². The second-order valence-electron chi connectivity index (χ2n) is 6.94. The summed E-state index contributed by atoms with van der Waals surface area (Å²) < 4.78 is 37.6. The predicted octanol–water partition coefficient (Wildman–Crippen LogP) is 5.33. The Kier molecular flexibility index (Phi) is 6.09. The molecule has 0 bridgehead atoms. The van der Waals surface area contributed by atoms with Crippen LogP contribution in [0.1, 0.15) is 9.67 Å². The van der Waals surface area contributed by atoms with Gasteiger partial charge in [0.05, 0.1) is 22.5 Å². The van der Waals surface area contributed by atoms with Crippen molar-refractivity contribution >= 4 is 49.4 Å². The molecule has 1 amide bonds. The maximum Gasteiger partial charge on any atom is 0.267 e. The SMILES string of the molecule is CN(c1ccc(-c2csc(NC(=O)c3ccc(-c4ccc(F)cc4)s3)n2)cc1)S(C)(=O)=O. The first kappa shape index (κ1) is 22.1. The lowest BCUT2D eigenvalue weighted by molar-refractivity contribution is 0.103. The van der Waals surface area contributed by atoms with E-state index in [0.29, 0.717) is 21.4 Å². The molecule has 32 heavy (non-hydrogen) atoms. The second kappa shape index (κ2) is 8.81. The van der Waals surface area contributed by atoms with Crippen LogP contribution < -0.4 is 9.62 Å². The first-order chi connectivity index (χ1) is 15.2. The summed E-state index contributed by atoms with van der Waals surface area (Å²) in [7, 11) is -1.84. The highest BCUT2D eigenvalue weighted by Crippen LogP contribution is 2.30. The van der Waals surface area contributed by atoms with Gasteiger partial charge in [0.15, 0.2) is 5.13 Å². The molecular formula is C22H18FN3O3S3. The summed E-state index contributed by atoms with van der Waals surface area (Å²) in [6, 6.07) is 16.7. The van der Waals surface area contributed by atoms with Crippen molar-refractivity contribution in [3.8, 4) is 21.7 Å². The average molecular weight is 488 g/mol. The molecule has 0 aliphatic carbocycles. The van der Waals surface area contributed by atoms with Crippen LogP contribution in [0.15, 0.2) is 66.0 Å². The number of thiophene rings is 1. The van der Waals surface area contributed by atoms with Gasteiger partial charge in [0.25, 0.3) is 5.91 Å². The fourth-order valence-corrected chi connectivity index (χ4v) is 5.01. The molecule has 0 saturated heterocycles. The average Bonchev–Trinajstić information content (AvgIpc) is 3.43. The zero-order valence-corrected chi connectivity index (χ0v) is 19.5. The summed E-state index contributed by atoms with van der Waals surface area (Å²) in [5.74, 6) is -0.575. The Balaban J connectivity index is 1.45. The van der Waals surface area contributed by atoms with E-state index in [0.717, 1.165) is 22.3 Å². The summed E-state index contributed by atoms with van der Waals surface area (Å²) >= 11 is 2.62. The number of nitrogens with one attached hydrogen (secondary N) is 1. The lowest BCUT2D eigenvalue weighted by Gasteiger charge is -2.16. The Morgan fingerprint density at radius 2 is 1.66 bits per heavy atom. The zero-order chi connectivity index (χ0) is 22.9. The van der Waals surface area contributed by atoms with Crippen LogP contribution in [-0.2, 0) is 10.0 Å². The van der Waals surface area contributed by atoms with Gasteiger partial charge in [-0.1, -0.05) is 24.3 Å². The van der Waals surface area contributed by atoms with Crippen molar-refractivity contribution in [3.05, 3.63) is 76.7 Å². The van der Waals surface area contributed by atoms with Gasteiger partial charge in [-0.05, 0) is 42.0 Å². The maximum absolute atomic E-state index is 13.1. The van der Waals surface area contributed by atoms with Gasteiger partial charge in [0.1, 0.15) is 5.82 Å². The molecule has 4 aromatic rings. The highest BCUT2D eigenvalue weighted by Gasteiger charge is 2.15. The van der Waals surface area contributed by atoms with Crippen LogP contribution in [-0.4, -0.2) is 32.6 Å². The van der Waals surface area contributed by atoms with Crippen LogP contribution in [0.5, 0.6) is 0 Å². The number of hydrogen-bond acceptors (Lipinski definition) is 6. The Hall–Kier alpha value is -3.08. The molecule has 0 unspecified atom stereocenters. The van der Waals surface area contributed by atoms with Gasteiger partial charge in [0.2, 0.25) is 10.0 Å². The molecule has 0 aliphatic heterocycles. The zero-order valence-electron chi connectivity index (χ0n) is 17.1. The Morgan fingerprint density at radius 3 is 2.31 bits per heavy atom. The number of nitrogens with zero attached hydrogens (tertiary/aromatic N) is 2. The van der Waals surface area contributed by atoms with Crippen molar-refractivity contribution in [2.75, 3.05) is 22.9 Å². The van der Waals surface area contributed by atoms with Gasteiger partial charge < -0.3 is 0 Å². The van der Waals surface area contributed by atoms with Gasteiger partial charge in [-0.2, -0.15) is 0 Å². The third-order valence-corrected chi connectivity index (χ3v) is 7.80. The smallest absolute Gasteiger partial charge is 0.267 e. The van der Waals surface area contributed by atoms with Gasteiger partial charge in [0, 0.05) is 22.9 Å². The molecule has 0 radical (unpaired) electrons. The minimum atomic E-state index is -3.33. The van der Waals surface area contributed by atoms with Crippen LogP contribution in [0.3, 0.4) is 0 Å². The Labute approximate surface area is 193 Å². The molecular weight excluding hydrogens is 469 g/mol. The van der Waals surface area contributed by atoms with Gasteiger partial charge in [-0.15, -0.1) is 22.7 Å². The Bertz CT molecular complexity index is 1360. The number of amides is 1. The van der Waals surface area contributed by atoms with Crippen molar-refractivity contribution in [2.24, 2.45) is 0 Å². The van der Waals surface area contributed by atoms with Crippen molar-refractivity contribution in [1.82, 2.24) is 4.98 Å². The number of sulfonamides is 1. The highest BCUT2D eigenvalue weighted by molar-refractivity contribution is 7.92. The first-order valence-electron chi connectivity index (χ1n) is 9.38. The number of carbonyl (C=O) groups is 1. The number of halogens is 1. The molecule has 164 valence electrons. The van der Waals surface area contributed by atoms with Crippen LogP contribution >= 0.6 is 22.7 Å². The van der Waals surface area contributed by atoms with Crippen LogP contribution in [0, 0.1) is 5.82 Å². The second-order valence-corrected chi connectivity index (χ2v) is 10.9. The number of aromatic nitrogens is 1. The lowest BCUT2D eigenvalue weighted by Crippen LogP contribution is -2.24. The van der Waals surface area contributed by atoms with Gasteiger partial charge in [-0.3, -0.25) is 14.4 Å². The summed E-state index contributed by atoms with van der Waals surface area (Å²) in [6.07, 6.45) is 1.15. The van der Waals surface area contributed by atoms with E-state index >= 15 is 0 Å². The van der Waals surface area contributed by atoms with E-state index in [1.54, 1.807) is 42.5 Å². The number of anilines is 2. The van der Waals surface area contributed by atoms with Crippen molar-refractivity contribution < 1.29 is 17.6 Å². The summed E-state index contributed by atoms with van der Waals surface area (Å²) in [4.78, 5) is 18.5. The third-order valence-electron chi connectivity index (χ3n) is 4.71. The summed E-state index contributed by atoms with van der Waals surface area (Å²) in [5, 5.41) is 5.08. The van der Waals surface area contributed by atoms with E-state index < -0.39 is 10.0 Å². The van der Waals surface area contributed by atoms with Crippen molar-refractivity contribution in [3.63, 3.8) is 0 Å². The first-order valence-corrected chi connectivity index (χ1v) is 12.9. The molecule has 0 atom stereocenters. The maximum atomic E-state index is 13.1. The normalized spacial score (nSPS) is 11.3. The van der Waals surface area contributed by atoms with E-state index in [1.807, 2.05) is 11.4 Å². The number of hydrogen-bond donors (Lipinski definition) is 1. The third kappa shape index (κ3) is 4.87. The van der Waals surface area contributed by atoms with Gasteiger partial charge >= 0.3 is 0 Å². The largest absolute Gasteiger partial charge is 0.297 e. The molecule has 0 fully saturated rings. The van der Waals surface area contributed by atoms with Crippen LogP contribution in [0.25, 0.3) is 21.7 Å². The van der Waals surface area contributed by atoms with E-state index in [9.17, 15) is 17.6 Å².